The molecule has 0 spiro atoms. The van der Waals surface area contributed by atoms with E-state index in [-0.39, 0.29) is 5.91 Å². The van der Waals surface area contributed by atoms with Crippen molar-refractivity contribution in [2.24, 2.45) is 4.99 Å². The van der Waals surface area contributed by atoms with E-state index in [9.17, 15) is 9.59 Å². The Balaban J connectivity index is 1.87. The Bertz CT molecular complexity index is 891. The predicted molar refractivity (Wildman–Crippen MR) is 100 cm³/mol. The van der Waals surface area contributed by atoms with Gasteiger partial charge in [0.25, 0.3) is 5.91 Å². The van der Waals surface area contributed by atoms with Crippen LogP contribution in [0.4, 0.5) is 5.69 Å². The summed E-state index contributed by atoms with van der Waals surface area (Å²) < 4.78 is 4.75. The molecule has 0 bridgehead atoms. The van der Waals surface area contributed by atoms with E-state index in [1.165, 1.54) is 18.9 Å². The van der Waals surface area contributed by atoms with Crippen molar-refractivity contribution in [3.05, 3.63) is 69.6 Å². The number of nitrogens with one attached hydrogen (secondary N) is 1. The molecule has 25 heavy (non-hydrogen) atoms. The van der Waals surface area contributed by atoms with Crippen molar-refractivity contribution in [3.63, 3.8) is 0 Å². The van der Waals surface area contributed by atoms with Gasteiger partial charge in [0, 0.05) is 5.02 Å². The van der Waals surface area contributed by atoms with Crippen LogP contribution in [0.25, 0.3) is 6.08 Å². The molecular weight excluding hydrogens is 360 g/mol. The zero-order valence-corrected chi connectivity index (χ0v) is 14.7. The molecule has 1 N–H and O–H groups in total. The maximum absolute atomic E-state index is 12.1. The number of nitrogens with zero attached hydrogens (tertiary/aromatic N) is 1. The van der Waals surface area contributed by atoms with Gasteiger partial charge in [0.1, 0.15) is 0 Å². The quantitative estimate of drug-likeness (QED) is 0.652. The fourth-order valence-corrected chi connectivity index (χ4v) is 3.11. The number of benzene rings is 2. The smallest absolute Gasteiger partial charge is 0.340 e. The number of thioether (sulfide) groups is 1. The van der Waals surface area contributed by atoms with Crippen molar-refractivity contribution in [3.8, 4) is 0 Å². The summed E-state index contributed by atoms with van der Waals surface area (Å²) in [5, 5.41) is 3.73. The summed E-state index contributed by atoms with van der Waals surface area (Å²) in [5.74, 6) is -0.722. The van der Waals surface area contributed by atoms with Crippen LogP contribution in [0, 0.1) is 0 Å². The number of rotatable bonds is 3. The normalized spacial score (nSPS) is 17.0. The first-order valence-electron chi connectivity index (χ1n) is 7.29. The third-order valence-electron chi connectivity index (χ3n) is 3.35. The lowest BCUT2D eigenvalue weighted by molar-refractivity contribution is -0.115. The lowest BCUT2D eigenvalue weighted by Crippen LogP contribution is -2.19. The van der Waals surface area contributed by atoms with Crippen molar-refractivity contribution in [1.29, 1.82) is 0 Å². The molecular formula is C18H13ClN2O3S. The fraction of sp³-hybridized carbons (Fsp3) is 0.0556. The lowest BCUT2D eigenvalue weighted by atomic mass is 10.2. The summed E-state index contributed by atoms with van der Waals surface area (Å²) in [6.07, 6.45) is 1.76. The lowest BCUT2D eigenvalue weighted by Gasteiger charge is -2.03. The fourth-order valence-electron chi connectivity index (χ4n) is 2.15. The minimum absolute atomic E-state index is 0.241. The number of halogens is 1. The van der Waals surface area contributed by atoms with Crippen molar-refractivity contribution < 1.29 is 14.3 Å². The Morgan fingerprint density at radius 1 is 1.20 bits per heavy atom. The van der Waals surface area contributed by atoms with Gasteiger partial charge >= 0.3 is 5.97 Å². The number of aliphatic imine (C=N–C) groups is 1. The van der Waals surface area contributed by atoms with Crippen LogP contribution in [0.5, 0.6) is 0 Å². The standard InChI is InChI=1S/C18H13ClN2O3S/c1-24-17(23)13-4-2-3-5-14(13)20-18-21-16(22)15(25-18)10-11-6-8-12(19)9-7-11/h2-10H,1H3,(H,20,21,22)/b15-10+. The summed E-state index contributed by atoms with van der Waals surface area (Å²) in [5.41, 5.74) is 1.63. The van der Waals surface area contributed by atoms with Gasteiger partial charge in [-0.25, -0.2) is 9.79 Å². The van der Waals surface area contributed by atoms with Gasteiger partial charge in [0.05, 0.1) is 23.3 Å². The molecule has 0 radical (unpaired) electrons. The maximum Gasteiger partial charge on any atom is 0.340 e. The molecule has 2 aromatic carbocycles. The van der Waals surface area contributed by atoms with Gasteiger partial charge in [-0.1, -0.05) is 35.9 Å². The molecule has 1 saturated heterocycles. The van der Waals surface area contributed by atoms with Crippen LogP contribution in [0.3, 0.4) is 0 Å². The summed E-state index contributed by atoms with van der Waals surface area (Å²) in [7, 11) is 1.31. The van der Waals surface area contributed by atoms with Crippen LogP contribution in [0.1, 0.15) is 15.9 Å². The number of amides is 1. The van der Waals surface area contributed by atoms with Crippen LogP contribution in [0.2, 0.25) is 5.02 Å². The Morgan fingerprint density at radius 3 is 2.64 bits per heavy atom. The van der Waals surface area contributed by atoms with Crippen molar-refractivity contribution in [2.45, 2.75) is 0 Å². The number of carbonyl (C=O) groups is 2. The molecule has 2 aromatic rings. The number of hydrogen-bond acceptors (Lipinski definition) is 5. The molecule has 126 valence electrons. The van der Waals surface area contributed by atoms with E-state index in [4.69, 9.17) is 16.3 Å². The van der Waals surface area contributed by atoms with Crippen LogP contribution >= 0.6 is 23.4 Å². The zero-order chi connectivity index (χ0) is 17.8. The second-order valence-corrected chi connectivity index (χ2v) is 6.51. The molecule has 7 heteroatoms. The highest BCUT2D eigenvalue weighted by atomic mass is 35.5. The van der Waals surface area contributed by atoms with E-state index in [1.807, 2.05) is 12.1 Å². The van der Waals surface area contributed by atoms with Crippen LogP contribution in [0.15, 0.2) is 58.4 Å². The number of ether oxygens (including phenoxy) is 1. The van der Waals surface area contributed by atoms with E-state index in [0.29, 0.717) is 26.3 Å². The van der Waals surface area contributed by atoms with E-state index in [2.05, 4.69) is 10.3 Å². The average molecular weight is 373 g/mol. The number of methoxy groups -OCH3 is 1. The molecule has 0 saturated carbocycles. The number of hydrogen-bond donors (Lipinski definition) is 1. The largest absolute Gasteiger partial charge is 0.465 e. The number of carbonyl (C=O) groups excluding carboxylic acids is 2. The molecule has 0 atom stereocenters. The van der Waals surface area contributed by atoms with Gasteiger partial charge in [0.15, 0.2) is 5.17 Å². The molecule has 1 fully saturated rings. The van der Waals surface area contributed by atoms with Gasteiger partial charge < -0.3 is 10.1 Å². The molecule has 0 aliphatic carbocycles. The maximum atomic E-state index is 12.1. The summed E-state index contributed by atoms with van der Waals surface area (Å²) in [4.78, 5) is 28.8. The van der Waals surface area contributed by atoms with E-state index >= 15 is 0 Å². The summed E-state index contributed by atoms with van der Waals surface area (Å²) in [6.45, 7) is 0. The van der Waals surface area contributed by atoms with E-state index < -0.39 is 5.97 Å². The van der Waals surface area contributed by atoms with Gasteiger partial charge in [-0.2, -0.15) is 0 Å². The molecule has 1 heterocycles. The zero-order valence-electron chi connectivity index (χ0n) is 13.2. The van der Waals surface area contributed by atoms with E-state index in [1.54, 1.807) is 42.5 Å². The highest BCUT2D eigenvalue weighted by molar-refractivity contribution is 8.18. The molecule has 1 aliphatic heterocycles. The number of amidine groups is 1. The van der Waals surface area contributed by atoms with E-state index in [0.717, 1.165) is 5.56 Å². The first-order valence-corrected chi connectivity index (χ1v) is 8.49. The third-order valence-corrected chi connectivity index (χ3v) is 4.51. The Hall–Kier alpha value is -2.57. The van der Waals surface area contributed by atoms with Crippen LogP contribution in [-0.4, -0.2) is 24.2 Å². The molecule has 0 unspecified atom stereocenters. The minimum atomic E-state index is -0.480. The predicted octanol–water partition coefficient (Wildman–Crippen LogP) is 4.02. The highest BCUT2D eigenvalue weighted by Crippen LogP contribution is 2.29. The monoisotopic (exact) mass is 372 g/mol. The molecule has 0 aromatic heterocycles. The molecule has 3 rings (SSSR count). The van der Waals surface area contributed by atoms with Crippen LogP contribution in [-0.2, 0) is 9.53 Å². The number of esters is 1. The Morgan fingerprint density at radius 2 is 1.92 bits per heavy atom. The van der Waals surface area contributed by atoms with Gasteiger partial charge in [-0.15, -0.1) is 0 Å². The van der Waals surface area contributed by atoms with Crippen molar-refractivity contribution in [2.75, 3.05) is 7.11 Å². The highest BCUT2D eigenvalue weighted by Gasteiger charge is 2.24. The molecule has 1 amide bonds. The summed E-state index contributed by atoms with van der Waals surface area (Å²) >= 11 is 7.07. The minimum Gasteiger partial charge on any atom is -0.465 e. The molecule has 5 nitrogen and oxygen atoms in total. The van der Waals surface area contributed by atoms with Crippen molar-refractivity contribution >= 4 is 52.2 Å². The van der Waals surface area contributed by atoms with Crippen LogP contribution < -0.4 is 5.32 Å². The van der Waals surface area contributed by atoms with Gasteiger partial charge in [0.2, 0.25) is 0 Å². The third kappa shape index (κ3) is 4.10. The summed E-state index contributed by atoms with van der Waals surface area (Å²) in [6, 6.07) is 14.0. The molecule has 1 aliphatic rings. The number of para-hydroxylation sites is 1. The SMILES string of the molecule is COC(=O)c1ccccc1N=C1NC(=O)/C(=C\c2ccc(Cl)cc2)S1. The topological polar surface area (TPSA) is 67.8 Å². The Kier molecular flexibility index (Phi) is 5.21. The average Bonchev–Trinajstić information content (AvgIpc) is 2.96. The van der Waals surface area contributed by atoms with Crippen molar-refractivity contribution in [1.82, 2.24) is 5.32 Å². The van der Waals surface area contributed by atoms with Gasteiger partial charge in [-0.05, 0) is 47.7 Å². The Labute approximate surface area is 153 Å². The second kappa shape index (κ2) is 7.55. The first kappa shape index (κ1) is 17.3. The van der Waals surface area contributed by atoms with Gasteiger partial charge in [-0.3, -0.25) is 4.79 Å². The second-order valence-electron chi connectivity index (χ2n) is 5.04. The first-order chi connectivity index (χ1) is 12.1.